The van der Waals surface area contributed by atoms with Crippen molar-refractivity contribution in [1.29, 1.82) is 0 Å². The molecule has 0 unspecified atom stereocenters. The molecule has 0 atom stereocenters. The Kier molecular flexibility index (Phi) is 1.94. The Hall–Kier alpha value is -2.76. The molecular weight excluding hydrogens is 240 g/mol. The third kappa shape index (κ3) is 1.36. The van der Waals surface area contributed by atoms with Crippen LogP contribution in [-0.2, 0) is 0 Å². The highest BCUT2D eigenvalue weighted by Gasteiger charge is 2.12. The molecule has 4 rings (SSSR count). The van der Waals surface area contributed by atoms with E-state index in [1.165, 1.54) is 0 Å². The predicted octanol–water partition coefficient (Wildman–Crippen LogP) is 1.77. The van der Waals surface area contributed by atoms with E-state index in [2.05, 4.69) is 20.3 Å². The Bertz CT molecular complexity index is 874. The minimum atomic E-state index is 0.782. The van der Waals surface area contributed by atoms with E-state index in [0.29, 0.717) is 0 Å². The molecule has 0 aliphatic rings. The molecule has 3 heterocycles. The van der Waals surface area contributed by atoms with E-state index >= 15 is 0 Å². The van der Waals surface area contributed by atoms with Gasteiger partial charge in [-0.05, 0) is 19.1 Å². The molecule has 0 N–H and O–H groups in total. The van der Waals surface area contributed by atoms with E-state index in [-0.39, 0.29) is 0 Å². The van der Waals surface area contributed by atoms with Gasteiger partial charge in [-0.15, -0.1) is 10.2 Å². The van der Waals surface area contributed by atoms with Gasteiger partial charge in [0.25, 0.3) is 0 Å². The third-order valence-electron chi connectivity index (χ3n) is 3.15. The lowest BCUT2D eigenvalue weighted by molar-refractivity contribution is 0.891. The standard InChI is InChI=1S/C13H10N6/c1-9-16-17-13-11-7-15-19(10-5-3-2-4-6-10)12(11)14-8-18(9)13/h2-8H,1H3. The summed E-state index contributed by atoms with van der Waals surface area (Å²) in [5, 5.41) is 13.5. The number of aryl methyl sites for hydroxylation is 1. The number of aromatic nitrogens is 6. The normalized spacial score (nSPS) is 11.4. The maximum Gasteiger partial charge on any atom is 0.174 e. The molecule has 6 heteroatoms. The Labute approximate surface area is 108 Å². The van der Waals surface area contributed by atoms with Crippen molar-refractivity contribution >= 4 is 16.7 Å². The van der Waals surface area contributed by atoms with Gasteiger partial charge < -0.3 is 0 Å². The van der Waals surface area contributed by atoms with Crippen LogP contribution in [0.5, 0.6) is 0 Å². The summed E-state index contributed by atoms with van der Waals surface area (Å²) in [6.45, 7) is 1.90. The highest BCUT2D eigenvalue weighted by molar-refractivity contribution is 5.89. The van der Waals surface area contributed by atoms with E-state index in [4.69, 9.17) is 0 Å². The second-order valence-electron chi connectivity index (χ2n) is 4.31. The van der Waals surface area contributed by atoms with Crippen molar-refractivity contribution in [2.75, 3.05) is 0 Å². The number of hydrogen-bond donors (Lipinski definition) is 0. The second kappa shape index (κ2) is 3.61. The minimum Gasteiger partial charge on any atom is -0.269 e. The quantitative estimate of drug-likeness (QED) is 0.516. The van der Waals surface area contributed by atoms with Crippen LogP contribution in [0.1, 0.15) is 5.82 Å². The lowest BCUT2D eigenvalue weighted by Crippen LogP contribution is -1.98. The summed E-state index contributed by atoms with van der Waals surface area (Å²) < 4.78 is 3.67. The van der Waals surface area contributed by atoms with Crippen LogP contribution in [0.2, 0.25) is 0 Å². The van der Waals surface area contributed by atoms with Crippen LogP contribution in [0.3, 0.4) is 0 Å². The average Bonchev–Trinajstić information content (AvgIpc) is 3.03. The Morgan fingerprint density at radius 2 is 1.84 bits per heavy atom. The molecule has 0 saturated heterocycles. The second-order valence-corrected chi connectivity index (χ2v) is 4.31. The van der Waals surface area contributed by atoms with Crippen molar-refractivity contribution in [1.82, 2.24) is 29.4 Å². The summed E-state index contributed by atoms with van der Waals surface area (Å²) in [6, 6.07) is 9.91. The molecule has 92 valence electrons. The summed E-state index contributed by atoms with van der Waals surface area (Å²) >= 11 is 0. The molecule has 0 fully saturated rings. The van der Waals surface area contributed by atoms with Crippen molar-refractivity contribution in [3.8, 4) is 5.69 Å². The highest BCUT2D eigenvalue weighted by Crippen LogP contribution is 2.19. The maximum atomic E-state index is 4.46. The van der Waals surface area contributed by atoms with Crippen LogP contribution in [0, 0.1) is 6.92 Å². The Morgan fingerprint density at radius 1 is 1.00 bits per heavy atom. The van der Waals surface area contributed by atoms with Gasteiger partial charge in [0.1, 0.15) is 12.2 Å². The first-order valence-corrected chi connectivity index (χ1v) is 5.94. The van der Waals surface area contributed by atoms with Crippen LogP contribution in [0.15, 0.2) is 42.9 Å². The number of benzene rings is 1. The maximum absolute atomic E-state index is 4.46. The molecule has 6 nitrogen and oxygen atoms in total. The topological polar surface area (TPSA) is 60.9 Å². The van der Waals surface area contributed by atoms with Crippen molar-refractivity contribution in [3.63, 3.8) is 0 Å². The zero-order valence-corrected chi connectivity index (χ0v) is 10.2. The largest absolute Gasteiger partial charge is 0.269 e. The fourth-order valence-corrected chi connectivity index (χ4v) is 2.19. The van der Waals surface area contributed by atoms with E-state index < -0.39 is 0 Å². The smallest absolute Gasteiger partial charge is 0.174 e. The van der Waals surface area contributed by atoms with Crippen LogP contribution in [0.4, 0.5) is 0 Å². The number of fused-ring (bicyclic) bond motifs is 3. The van der Waals surface area contributed by atoms with Crippen LogP contribution >= 0.6 is 0 Å². The van der Waals surface area contributed by atoms with Gasteiger partial charge in [0.05, 0.1) is 17.3 Å². The molecule has 0 bridgehead atoms. The number of para-hydroxylation sites is 1. The Balaban J connectivity index is 2.07. The summed E-state index contributed by atoms with van der Waals surface area (Å²) in [7, 11) is 0. The lowest BCUT2D eigenvalue weighted by Gasteiger charge is -2.02. The van der Waals surface area contributed by atoms with Crippen LogP contribution in [0.25, 0.3) is 22.4 Å². The summed E-state index contributed by atoms with van der Waals surface area (Å²) in [5.41, 5.74) is 2.54. The van der Waals surface area contributed by atoms with Crippen molar-refractivity contribution in [2.45, 2.75) is 6.92 Å². The van der Waals surface area contributed by atoms with E-state index in [1.54, 1.807) is 17.2 Å². The zero-order chi connectivity index (χ0) is 12.8. The van der Waals surface area contributed by atoms with E-state index in [0.717, 1.165) is 28.2 Å². The molecular formula is C13H10N6. The van der Waals surface area contributed by atoms with Gasteiger partial charge in [-0.2, -0.15) is 5.10 Å². The molecule has 0 spiro atoms. The van der Waals surface area contributed by atoms with Crippen LogP contribution < -0.4 is 0 Å². The van der Waals surface area contributed by atoms with E-state index in [9.17, 15) is 0 Å². The van der Waals surface area contributed by atoms with Gasteiger partial charge >= 0.3 is 0 Å². The van der Waals surface area contributed by atoms with E-state index in [1.807, 2.05) is 41.7 Å². The molecule has 0 aliphatic carbocycles. The first-order valence-electron chi connectivity index (χ1n) is 5.94. The third-order valence-corrected chi connectivity index (χ3v) is 3.15. The molecule has 4 aromatic rings. The zero-order valence-electron chi connectivity index (χ0n) is 10.2. The number of nitrogens with zero attached hydrogens (tertiary/aromatic N) is 6. The fraction of sp³-hybridized carbons (Fsp3) is 0.0769. The molecule has 0 radical (unpaired) electrons. The molecule has 0 aliphatic heterocycles. The van der Waals surface area contributed by atoms with Crippen LogP contribution in [-0.4, -0.2) is 29.4 Å². The first-order chi connectivity index (χ1) is 9.34. The van der Waals surface area contributed by atoms with Crippen molar-refractivity contribution < 1.29 is 0 Å². The summed E-state index contributed by atoms with van der Waals surface area (Å²) in [4.78, 5) is 4.46. The van der Waals surface area contributed by atoms with Crippen molar-refractivity contribution in [3.05, 3.63) is 48.7 Å². The summed E-state index contributed by atoms with van der Waals surface area (Å²) in [6.07, 6.45) is 3.51. The molecule has 0 saturated carbocycles. The van der Waals surface area contributed by atoms with Gasteiger partial charge in [0, 0.05) is 0 Å². The minimum absolute atomic E-state index is 0.782. The molecule has 3 aromatic heterocycles. The Morgan fingerprint density at radius 3 is 2.68 bits per heavy atom. The SMILES string of the molecule is Cc1nnc2c3cnn(-c4ccccc4)c3ncn12. The molecule has 19 heavy (non-hydrogen) atoms. The molecule has 0 amide bonds. The van der Waals surface area contributed by atoms with Gasteiger partial charge in [-0.25, -0.2) is 9.67 Å². The number of hydrogen-bond acceptors (Lipinski definition) is 4. The lowest BCUT2D eigenvalue weighted by atomic mass is 10.3. The average molecular weight is 250 g/mol. The highest BCUT2D eigenvalue weighted by atomic mass is 15.3. The van der Waals surface area contributed by atoms with Crippen molar-refractivity contribution in [2.24, 2.45) is 0 Å². The number of rotatable bonds is 1. The van der Waals surface area contributed by atoms with Gasteiger partial charge in [-0.3, -0.25) is 4.40 Å². The summed E-state index contributed by atoms with van der Waals surface area (Å²) in [5.74, 6) is 0.817. The first kappa shape index (κ1) is 10.2. The fourth-order valence-electron chi connectivity index (χ4n) is 2.19. The monoisotopic (exact) mass is 250 g/mol. The van der Waals surface area contributed by atoms with Gasteiger partial charge in [0.2, 0.25) is 0 Å². The van der Waals surface area contributed by atoms with Gasteiger partial charge in [-0.1, -0.05) is 18.2 Å². The van der Waals surface area contributed by atoms with Gasteiger partial charge in [0.15, 0.2) is 11.3 Å². The predicted molar refractivity (Wildman–Crippen MR) is 70.1 cm³/mol. The molecule has 1 aromatic carbocycles.